The fraction of sp³-hybridized carbons (Fsp3) is 0. The van der Waals surface area contributed by atoms with Crippen molar-refractivity contribution in [3.8, 4) is 93.3 Å². The van der Waals surface area contributed by atoms with Crippen molar-refractivity contribution >= 4 is 120 Å². The quantitative estimate of drug-likeness (QED) is 0.151. The van der Waals surface area contributed by atoms with Crippen molar-refractivity contribution in [1.29, 1.82) is 42.1 Å². The van der Waals surface area contributed by atoms with Crippen LogP contribution in [0.5, 0.6) is 0 Å². The van der Waals surface area contributed by atoms with Crippen LogP contribution in [0.25, 0.3) is 153 Å². The number of aromatic nitrogens is 6. The summed E-state index contributed by atoms with van der Waals surface area (Å²) in [5.41, 5.74) is 12.5. The molecular formula is C76H32N14OS. The smallest absolute Gasteiger partial charge is 0.231 e. The fourth-order valence-electron chi connectivity index (χ4n) is 13.5. The third kappa shape index (κ3) is 7.40. The zero-order valence-electron chi connectivity index (χ0n) is 47.6. The van der Waals surface area contributed by atoms with E-state index in [-0.39, 0.29) is 5.89 Å². The second kappa shape index (κ2) is 19.7. The number of rotatable bonds is 6. The Morgan fingerprint density at radius 2 is 0.565 bits per heavy atom. The summed E-state index contributed by atoms with van der Waals surface area (Å²) >= 11 is 1.46. The van der Waals surface area contributed by atoms with Gasteiger partial charge in [-0.05, 0) is 170 Å². The summed E-state index contributed by atoms with van der Waals surface area (Å²) in [5.74, 6) is 0.141. The number of hydrogen-bond donors (Lipinski definition) is 0. The molecule has 0 bridgehead atoms. The van der Waals surface area contributed by atoms with Crippen LogP contribution in [0, 0.1) is 90.6 Å². The molecule has 0 unspecified atom stereocenters. The van der Waals surface area contributed by atoms with Gasteiger partial charge in [-0.1, -0.05) is 24.3 Å². The van der Waals surface area contributed by atoms with Gasteiger partial charge >= 0.3 is 0 Å². The lowest BCUT2D eigenvalue weighted by atomic mass is 9.97. The van der Waals surface area contributed by atoms with E-state index in [1.165, 1.54) is 11.3 Å². The van der Waals surface area contributed by atoms with Gasteiger partial charge in [-0.2, -0.15) is 42.1 Å². The minimum Gasteiger partial charge on any atom is -0.436 e. The van der Waals surface area contributed by atoms with Gasteiger partial charge in [0, 0.05) is 43.1 Å². The number of fused-ring (bicyclic) bond motifs is 14. The molecule has 92 heavy (non-hydrogen) atoms. The van der Waals surface area contributed by atoms with Crippen molar-refractivity contribution in [3.63, 3.8) is 0 Å². The maximum atomic E-state index is 10.7. The van der Waals surface area contributed by atoms with E-state index >= 15 is 0 Å². The molecule has 0 aliphatic rings. The minimum atomic E-state index is 0.141. The summed E-state index contributed by atoms with van der Waals surface area (Å²) in [6, 6.07) is 78.1. The van der Waals surface area contributed by atoms with E-state index in [1.807, 2.05) is 146 Å². The van der Waals surface area contributed by atoms with E-state index in [4.69, 9.17) is 14.4 Å². The average Bonchev–Trinajstić information content (AvgIpc) is 1.46. The van der Waals surface area contributed by atoms with Crippen LogP contribution in [0.1, 0.15) is 44.5 Å². The zero-order chi connectivity index (χ0) is 62.2. The van der Waals surface area contributed by atoms with Crippen molar-refractivity contribution < 1.29 is 4.42 Å². The zero-order valence-corrected chi connectivity index (χ0v) is 48.4. The van der Waals surface area contributed by atoms with Crippen molar-refractivity contribution in [3.05, 3.63) is 239 Å². The van der Waals surface area contributed by atoms with Crippen LogP contribution >= 0.6 is 11.3 Å². The molecule has 0 fully saturated rings. The van der Waals surface area contributed by atoms with Crippen molar-refractivity contribution in [2.45, 2.75) is 0 Å². The number of hydrogen-bond acceptors (Lipinski definition) is 12. The largest absolute Gasteiger partial charge is 0.436 e. The van der Waals surface area contributed by atoms with Crippen LogP contribution in [0.2, 0.25) is 0 Å². The number of benzene rings is 11. The number of nitriles is 8. The normalized spacial score (nSPS) is 11.4. The standard InChI is InChI=1S/C76H32N14OS/c77-33-41-9-17-59-49(25-41)50-26-42(34-78)10-18-60(50)87(59)71-69(75-85-57-5-1-3-7-67(57)91-75)72(88-61-19-11-43(35-79)27-51(61)52-28-44(36-80)12-20-62(52)88)74(90-65-23-15-47(39-83)31-55(65)56-32-48(40-84)16-24-66(56)90)70(76-86-58-6-2-4-8-68(58)92-76)73(71)89-63-21-13-45(37-81)29-53(63)54-30-46(38-82)14-22-64(54)89/h1-32H. The molecule has 17 rings (SSSR count). The highest BCUT2D eigenvalue weighted by atomic mass is 32.1. The Labute approximate surface area is 523 Å². The molecule has 0 aliphatic heterocycles. The van der Waals surface area contributed by atoms with Gasteiger partial charge in [0.05, 0.1) is 181 Å². The molecule has 418 valence electrons. The first-order valence-electron chi connectivity index (χ1n) is 28.7. The highest BCUT2D eigenvalue weighted by Crippen LogP contribution is 2.56. The van der Waals surface area contributed by atoms with Crippen molar-refractivity contribution in [2.75, 3.05) is 0 Å². The van der Waals surface area contributed by atoms with Crippen LogP contribution < -0.4 is 0 Å². The molecule has 16 heteroatoms. The van der Waals surface area contributed by atoms with Crippen LogP contribution in [0.4, 0.5) is 0 Å². The third-order valence-electron chi connectivity index (χ3n) is 17.4. The second-order valence-corrected chi connectivity index (χ2v) is 23.2. The molecule has 11 aromatic carbocycles. The highest BCUT2D eigenvalue weighted by molar-refractivity contribution is 7.21. The molecule has 0 amide bonds. The minimum absolute atomic E-state index is 0.141. The molecule has 0 saturated carbocycles. The average molecular weight is 1190 g/mol. The van der Waals surface area contributed by atoms with Crippen LogP contribution in [0.3, 0.4) is 0 Å². The predicted octanol–water partition coefficient (Wildman–Crippen LogP) is 17.1. The van der Waals surface area contributed by atoms with E-state index in [2.05, 4.69) is 66.8 Å². The second-order valence-electron chi connectivity index (χ2n) is 22.2. The Morgan fingerprint density at radius 3 is 0.848 bits per heavy atom. The Kier molecular flexibility index (Phi) is 11.2. The lowest BCUT2D eigenvalue weighted by molar-refractivity contribution is 0.619. The monoisotopic (exact) mass is 1190 g/mol. The van der Waals surface area contributed by atoms with E-state index in [0.29, 0.717) is 187 Å². The Hall–Kier alpha value is -14.1. The van der Waals surface area contributed by atoms with Gasteiger partial charge in [0.15, 0.2) is 5.58 Å². The molecule has 6 heterocycles. The third-order valence-corrected chi connectivity index (χ3v) is 18.5. The van der Waals surface area contributed by atoms with Gasteiger partial charge in [0.25, 0.3) is 0 Å². The molecule has 0 aliphatic carbocycles. The number of nitrogens with zero attached hydrogens (tertiary/aromatic N) is 14. The predicted molar refractivity (Wildman–Crippen MR) is 353 cm³/mol. The molecule has 17 aromatic rings. The lowest BCUT2D eigenvalue weighted by Gasteiger charge is -2.29. The number of thiazole rings is 1. The van der Waals surface area contributed by atoms with E-state index < -0.39 is 0 Å². The summed E-state index contributed by atoms with van der Waals surface area (Å²) in [5, 5.41) is 91.2. The molecule has 0 saturated heterocycles. The van der Waals surface area contributed by atoms with Crippen LogP contribution in [-0.2, 0) is 0 Å². The summed E-state index contributed by atoms with van der Waals surface area (Å²) in [6.07, 6.45) is 0. The molecule has 0 atom stereocenters. The van der Waals surface area contributed by atoms with Gasteiger partial charge in [-0.15, -0.1) is 11.3 Å². The SMILES string of the molecule is N#Cc1ccc2c(c1)c1cc(C#N)ccc1n2-c1c(-c2nc3ccccc3o2)c(-n2c3ccc(C#N)cc3c3cc(C#N)ccc32)c(-n2c3ccc(C#N)cc3c3cc(C#N)ccc32)c(-c2nc3ccccc3s2)c1-n1c2ccc(C#N)cc2c2cc(C#N)ccc21. The van der Waals surface area contributed by atoms with Gasteiger partial charge < -0.3 is 22.7 Å². The van der Waals surface area contributed by atoms with Crippen molar-refractivity contribution in [2.24, 2.45) is 0 Å². The first-order valence-corrected chi connectivity index (χ1v) is 29.6. The molecule has 6 aromatic heterocycles. The summed E-state index contributed by atoms with van der Waals surface area (Å²) < 4.78 is 16.7. The molecule has 0 radical (unpaired) electrons. The Morgan fingerprint density at radius 1 is 0.293 bits per heavy atom. The van der Waals surface area contributed by atoms with Gasteiger partial charge in [-0.3, -0.25) is 0 Å². The maximum absolute atomic E-state index is 10.7. The summed E-state index contributed by atoms with van der Waals surface area (Å²) in [6.45, 7) is 0. The van der Waals surface area contributed by atoms with Crippen LogP contribution in [-0.4, -0.2) is 28.2 Å². The molecule has 15 nitrogen and oxygen atoms in total. The first-order chi connectivity index (χ1) is 45.2. The number of oxazole rings is 1. The Bertz CT molecular complexity index is 5570. The summed E-state index contributed by atoms with van der Waals surface area (Å²) in [7, 11) is 0. The summed E-state index contributed by atoms with van der Waals surface area (Å²) in [4.78, 5) is 11.2. The maximum Gasteiger partial charge on any atom is 0.231 e. The molecule has 0 N–H and O–H groups in total. The lowest BCUT2D eigenvalue weighted by Crippen LogP contribution is -2.16. The molecule has 0 spiro atoms. The topological polar surface area (TPSA) is 249 Å². The highest BCUT2D eigenvalue weighted by Gasteiger charge is 2.38. The molecular weight excluding hydrogens is 1160 g/mol. The van der Waals surface area contributed by atoms with Crippen LogP contribution in [0.15, 0.2) is 199 Å². The Balaban J connectivity index is 1.28. The van der Waals surface area contributed by atoms with E-state index in [1.54, 1.807) is 48.5 Å². The van der Waals surface area contributed by atoms with Gasteiger partial charge in [-0.25, -0.2) is 9.97 Å². The van der Waals surface area contributed by atoms with E-state index in [9.17, 15) is 42.1 Å². The first kappa shape index (κ1) is 52.2. The van der Waals surface area contributed by atoms with Gasteiger partial charge in [0.1, 0.15) is 10.5 Å². The van der Waals surface area contributed by atoms with E-state index in [0.717, 1.165) is 4.70 Å². The van der Waals surface area contributed by atoms with Crippen molar-refractivity contribution in [1.82, 2.24) is 28.2 Å². The number of para-hydroxylation sites is 3. The fourth-order valence-corrected chi connectivity index (χ4v) is 14.6. The van der Waals surface area contributed by atoms with Gasteiger partial charge in [0.2, 0.25) is 5.89 Å².